The minimum Gasteiger partial charge on any atom is -0.467 e. The van der Waals surface area contributed by atoms with Gasteiger partial charge in [0.1, 0.15) is 5.76 Å². The molecule has 0 atom stereocenters. The van der Waals surface area contributed by atoms with Crippen molar-refractivity contribution in [1.29, 1.82) is 0 Å². The van der Waals surface area contributed by atoms with Gasteiger partial charge in [-0.3, -0.25) is 9.69 Å². The third kappa shape index (κ3) is 4.15. The van der Waals surface area contributed by atoms with Crippen molar-refractivity contribution in [2.24, 2.45) is 0 Å². The number of anilines is 1. The summed E-state index contributed by atoms with van der Waals surface area (Å²) < 4.78 is 33.6. The molecule has 34 heavy (non-hydrogen) atoms. The second kappa shape index (κ2) is 8.65. The van der Waals surface area contributed by atoms with E-state index in [2.05, 4.69) is 6.07 Å². The number of hydrogen-bond acceptors (Lipinski definition) is 6. The van der Waals surface area contributed by atoms with Crippen molar-refractivity contribution in [3.8, 4) is 0 Å². The summed E-state index contributed by atoms with van der Waals surface area (Å²) in [5.74, 6) is 0.358. The predicted octanol–water partition coefficient (Wildman–Crippen LogP) is 5.14. The number of carbonyl (C=O) groups excluding carboxylic acids is 1. The van der Waals surface area contributed by atoms with Gasteiger partial charge in [0.25, 0.3) is 5.91 Å². The highest BCUT2D eigenvalue weighted by Gasteiger charge is 2.35. The lowest BCUT2D eigenvalue weighted by molar-refractivity contribution is 0.0983. The number of carbonyl (C=O) groups is 1. The third-order valence-electron chi connectivity index (χ3n) is 6.14. The van der Waals surface area contributed by atoms with E-state index in [9.17, 15) is 13.2 Å². The lowest BCUT2D eigenvalue weighted by Gasteiger charge is -2.20. The van der Waals surface area contributed by atoms with Crippen LogP contribution in [0.2, 0.25) is 0 Å². The van der Waals surface area contributed by atoms with E-state index in [0.717, 1.165) is 34.2 Å². The summed E-state index contributed by atoms with van der Waals surface area (Å²) >= 11 is 1.46. The average Bonchev–Trinajstić information content (AvgIpc) is 3.35. The van der Waals surface area contributed by atoms with Crippen molar-refractivity contribution in [2.75, 3.05) is 11.9 Å². The SMILES string of the molecule is Cc1ccc(C)c2sc(N(Cc3ccco3)C(=O)c3ccc(S(=O)(=O)N(C)C4CC4)cc3)nc12. The first-order valence-corrected chi connectivity index (χ1v) is 13.3. The number of hydrogen-bond donors (Lipinski definition) is 0. The molecule has 1 aliphatic carbocycles. The minimum atomic E-state index is -3.58. The number of amides is 1. The number of nitrogens with zero attached hydrogens (tertiary/aromatic N) is 3. The molecule has 4 aromatic rings. The first kappa shape index (κ1) is 22.8. The van der Waals surface area contributed by atoms with Crippen molar-refractivity contribution in [1.82, 2.24) is 9.29 Å². The molecule has 0 bridgehead atoms. The van der Waals surface area contributed by atoms with Gasteiger partial charge in [0.15, 0.2) is 5.13 Å². The molecule has 0 N–H and O–H groups in total. The van der Waals surface area contributed by atoms with Gasteiger partial charge in [0.2, 0.25) is 10.0 Å². The highest BCUT2D eigenvalue weighted by Crippen LogP contribution is 2.35. The lowest BCUT2D eigenvalue weighted by Crippen LogP contribution is -2.31. The van der Waals surface area contributed by atoms with Crippen LogP contribution in [0.3, 0.4) is 0 Å². The van der Waals surface area contributed by atoms with Gasteiger partial charge in [-0.15, -0.1) is 0 Å². The van der Waals surface area contributed by atoms with Gasteiger partial charge in [-0.25, -0.2) is 13.4 Å². The number of thiazole rings is 1. The summed E-state index contributed by atoms with van der Waals surface area (Å²) in [5, 5.41) is 0.568. The summed E-state index contributed by atoms with van der Waals surface area (Å²) in [6.07, 6.45) is 3.34. The van der Waals surface area contributed by atoms with Gasteiger partial charge < -0.3 is 4.42 Å². The Balaban J connectivity index is 1.50. The number of furan rings is 1. The number of aromatic nitrogens is 1. The fraction of sp³-hybridized carbons (Fsp3) is 0.280. The number of sulfonamides is 1. The molecule has 2 aromatic heterocycles. The smallest absolute Gasteiger partial charge is 0.260 e. The standard InChI is InChI=1S/C25H25N3O4S2/c1-16-6-7-17(2)23-22(16)26-25(33-23)28(15-20-5-4-14-32-20)24(29)18-8-12-21(13-9-18)34(30,31)27(3)19-10-11-19/h4-9,12-14,19H,10-11,15H2,1-3H3. The van der Waals surface area contributed by atoms with Crippen LogP contribution in [-0.2, 0) is 16.6 Å². The Morgan fingerprint density at radius 2 is 1.79 bits per heavy atom. The van der Waals surface area contributed by atoms with E-state index in [1.54, 1.807) is 36.4 Å². The fourth-order valence-electron chi connectivity index (χ4n) is 3.87. The summed E-state index contributed by atoms with van der Waals surface area (Å²) in [6.45, 7) is 4.25. The summed E-state index contributed by atoms with van der Waals surface area (Å²) in [4.78, 5) is 20.2. The molecule has 2 heterocycles. The molecule has 7 nitrogen and oxygen atoms in total. The van der Waals surface area contributed by atoms with Gasteiger partial charge in [-0.05, 0) is 74.2 Å². The first-order valence-electron chi connectivity index (χ1n) is 11.0. The van der Waals surface area contributed by atoms with Crippen LogP contribution < -0.4 is 4.90 Å². The quantitative estimate of drug-likeness (QED) is 0.355. The predicted molar refractivity (Wildman–Crippen MR) is 133 cm³/mol. The van der Waals surface area contributed by atoms with Gasteiger partial charge in [-0.1, -0.05) is 23.5 Å². The van der Waals surface area contributed by atoms with Crippen molar-refractivity contribution >= 4 is 42.6 Å². The maximum atomic E-state index is 13.6. The van der Waals surface area contributed by atoms with Crippen molar-refractivity contribution < 1.29 is 17.6 Å². The highest BCUT2D eigenvalue weighted by molar-refractivity contribution is 7.89. The first-order chi connectivity index (χ1) is 16.3. The molecule has 0 unspecified atom stereocenters. The van der Waals surface area contributed by atoms with E-state index < -0.39 is 10.0 Å². The zero-order chi connectivity index (χ0) is 24.0. The van der Waals surface area contributed by atoms with Crippen LogP contribution in [0.4, 0.5) is 5.13 Å². The van der Waals surface area contributed by atoms with E-state index >= 15 is 0 Å². The Bertz CT molecular complexity index is 1420. The minimum absolute atomic E-state index is 0.0704. The van der Waals surface area contributed by atoms with Crippen LogP contribution in [0.25, 0.3) is 10.2 Å². The Hall–Kier alpha value is -3.01. The maximum absolute atomic E-state index is 13.6. The van der Waals surface area contributed by atoms with Gasteiger partial charge in [0.05, 0.1) is 27.9 Å². The van der Waals surface area contributed by atoms with Crippen LogP contribution in [0, 0.1) is 13.8 Å². The molecule has 176 valence electrons. The van der Waals surface area contributed by atoms with E-state index in [1.807, 2.05) is 26.0 Å². The number of rotatable bonds is 7. The van der Waals surface area contributed by atoms with E-state index in [0.29, 0.717) is 16.5 Å². The highest BCUT2D eigenvalue weighted by atomic mass is 32.2. The summed E-state index contributed by atoms with van der Waals surface area (Å²) in [5.41, 5.74) is 3.40. The maximum Gasteiger partial charge on any atom is 0.260 e. The molecule has 9 heteroatoms. The lowest BCUT2D eigenvalue weighted by atomic mass is 10.1. The average molecular weight is 496 g/mol. The van der Waals surface area contributed by atoms with Gasteiger partial charge in [0, 0.05) is 18.7 Å². The molecule has 5 rings (SSSR count). The molecule has 1 aliphatic rings. The van der Waals surface area contributed by atoms with E-state index in [4.69, 9.17) is 9.40 Å². The van der Waals surface area contributed by atoms with Gasteiger partial charge >= 0.3 is 0 Å². The van der Waals surface area contributed by atoms with Crippen LogP contribution in [-0.4, -0.2) is 36.7 Å². The second-order valence-corrected chi connectivity index (χ2v) is 11.6. The number of benzene rings is 2. The number of fused-ring (bicyclic) bond motifs is 1. The zero-order valence-electron chi connectivity index (χ0n) is 19.2. The molecule has 1 fully saturated rings. The molecule has 0 spiro atoms. The molecular weight excluding hydrogens is 470 g/mol. The van der Waals surface area contributed by atoms with E-state index in [1.165, 1.54) is 27.8 Å². The van der Waals surface area contributed by atoms with Crippen molar-refractivity contribution in [3.63, 3.8) is 0 Å². The van der Waals surface area contributed by atoms with E-state index in [-0.39, 0.29) is 23.4 Å². The van der Waals surface area contributed by atoms with Gasteiger partial charge in [-0.2, -0.15) is 4.31 Å². The van der Waals surface area contributed by atoms with Crippen LogP contribution in [0.15, 0.2) is 64.1 Å². The molecule has 0 aliphatic heterocycles. The molecular formula is C25H25N3O4S2. The normalized spacial score (nSPS) is 14.1. The topological polar surface area (TPSA) is 83.7 Å². The zero-order valence-corrected chi connectivity index (χ0v) is 20.8. The second-order valence-electron chi connectivity index (χ2n) is 8.62. The third-order valence-corrected chi connectivity index (χ3v) is 9.28. The Morgan fingerprint density at radius 1 is 1.09 bits per heavy atom. The van der Waals surface area contributed by atoms with Crippen LogP contribution >= 0.6 is 11.3 Å². The molecule has 2 aromatic carbocycles. The largest absolute Gasteiger partial charge is 0.467 e. The molecule has 0 saturated heterocycles. The summed E-state index contributed by atoms with van der Waals surface area (Å²) in [7, 11) is -1.97. The Kier molecular flexibility index (Phi) is 5.79. The summed E-state index contributed by atoms with van der Waals surface area (Å²) in [6, 6.07) is 13.9. The molecule has 0 radical (unpaired) electrons. The van der Waals surface area contributed by atoms with Crippen LogP contribution in [0.5, 0.6) is 0 Å². The van der Waals surface area contributed by atoms with Crippen molar-refractivity contribution in [3.05, 3.63) is 77.2 Å². The van der Waals surface area contributed by atoms with Crippen LogP contribution in [0.1, 0.15) is 40.1 Å². The Labute approximate surface area is 202 Å². The number of aryl methyl sites for hydroxylation is 2. The monoisotopic (exact) mass is 495 g/mol. The molecule has 1 amide bonds. The fourth-order valence-corrected chi connectivity index (χ4v) is 6.40. The molecule has 1 saturated carbocycles. The van der Waals surface area contributed by atoms with Crippen molar-refractivity contribution in [2.45, 2.75) is 44.2 Å². The Morgan fingerprint density at radius 3 is 2.41 bits per heavy atom.